The van der Waals surface area contributed by atoms with E-state index < -0.39 is 0 Å². The molecule has 0 unspecified atom stereocenters. The first-order chi connectivity index (χ1) is 12.0. The largest absolute Gasteiger partial charge is 0.508 e. The van der Waals surface area contributed by atoms with Gasteiger partial charge in [-0.15, -0.1) is 0 Å². The zero-order valence-corrected chi connectivity index (χ0v) is 13.4. The van der Waals surface area contributed by atoms with Crippen LogP contribution >= 0.6 is 0 Å². The van der Waals surface area contributed by atoms with Gasteiger partial charge in [-0.2, -0.15) is 5.26 Å². The number of phenols is 2. The molecule has 25 heavy (non-hydrogen) atoms. The Kier molecular flexibility index (Phi) is 4.14. The molecule has 6 nitrogen and oxygen atoms in total. The number of rotatable bonds is 3. The van der Waals surface area contributed by atoms with Crippen LogP contribution in [0.25, 0.3) is 22.4 Å². The number of hydrogen-bond acceptors (Lipinski definition) is 6. The average molecular weight is 333 g/mol. The summed E-state index contributed by atoms with van der Waals surface area (Å²) in [6, 6.07) is 15.1. The van der Waals surface area contributed by atoms with Gasteiger partial charge in [0.15, 0.2) is 11.5 Å². The number of nitrogens with two attached hydrogens (primary N) is 1. The quantitative estimate of drug-likeness (QED) is 0.678. The maximum Gasteiger partial charge on any atom is 0.161 e. The van der Waals surface area contributed by atoms with Crippen molar-refractivity contribution < 1.29 is 14.9 Å². The Morgan fingerprint density at radius 1 is 1.04 bits per heavy atom. The molecule has 3 rings (SSSR count). The van der Waals surface area contributed by atoms with Gasteiger partial charge in [0.05, 0.1) is 12.8 Å². The number of nitrogen functional groups attached to an aromatic ring is 1. The van der Waals surface area contributed by atoms with Crippen LogP contribution in [0.3, 0.4) is 0 Å². The van der Waals surface area contributed by atoms with Gasteiger partial charge >= 0.3 is 0 Å². The molecule has 3 aromatic rings. The second-order valence-electron chi connectivity index (χ2n) is 5.36. The average Bonchev–Trinajstić information content (AvgIpc) is 2.62. The van der Waals surface area contributed by atoms with Gasteiger partial charge in [0.2, 0.25) is 0 Å². The predicted octanol–water partition coefficient (Wildman–Crippen LogP) is 3.29. The molecule has 0 bridgehead atoms. The lowest BCUT2D eigenvalue weighted by Crippen LogP contribution is -2.00. The molecule has 0 radical (unpaired) electrons. The van der Waals surface area contributed by atoms with Crippen LogP contribution in [0.5, 0.6) is 17.2 Å². The Hall–Kier alpha value is -3.72. The Balaban J connectivity index is 2.20. The van der Waals surface area contributed by atoms with Crippen molar-refractivity contribution in [3.8, 4) is 45.7 Å². The number of anilines is 1. The van der Waals surface area contributed by atoms with Crippen LogP contribution in [0.4, 0.5) is 5.82 Å². The van der Waals surface area contributed by atoms with E-state index in [0.29, 0.717) is 22.6 Å². The molecule has 0 atom stereocenters. The Morgan fingerprint density at radius 2 is 1.72 bits per heavy atom. The van der Waals surface area contributed by atoms with Crippen molar-refractivity contribution in [2.45, 2.75) is 0 Å². The topological polar surface area (TPSA) is 112 Å². The summed E-state index contributed by atoms with van der Waals surface area (Å²) < 4.78 is 5.12. The van der Waals surface area contributed by atoms with Crippen LogP contribution in [0.2, 0.25) is 0 Å². The van der Waals surface area contributed by atoms with Gasteiger partial charge in [0.1, 0.15) is 23.2 Å². The Labute approximate surface area is 144 Å². The van der Waals surface area contributed by atoms with E-state index in [2.05, 4.69) is 11.1 Å². The van der Waals surface area contributed by atoms with E-state index >= 15 is 0 Å². The lowest BCUT2D eigenvalue weighted by Gasteiger charge is -2.11. The number of nitriles is 1. The highest BCUT2D eigenvalue weighted by Gasteiger charge is 2.14. The van der Waals surface area contributed by atoms with E-state index in [1.165, 1.54) is 25.3 Å². The maximum absolute atomic E-state index is 9.74. The van der Waals surface area contributed by atoms with E-state index in [9.17, 15) is 15.5 Å². The van der Waals surface area contributed by atoms with Crippen LogP contribution < -0.4 is 10.5 Å². The van der Waals surface area contributed by atoms with Crippen LogP contribution in [0, 0.1) is 11.3 Å². The molecule has 4 N–H and O–H groups in total. The first kappa shape index (κ1) is 16.1. The molecular weight excluding hydrogens is 318 g/mol. The fraction of sp³-hybridized carbons (Fsp3) is 0.0526. The molecule has 124 valence electrons. The summed E-state index contributed by atoms with van der Waals surface area (Å²) in [5.74, 6) is 0.572. The maximum atomic E-state index is 9.74. The van der Waals surface area contributed by atoms with Gasteiger partial charge in [-0.1, -0.05) is 12.1 Å². The van der Waals surface area contributed by atoms with E-state index in [0.717, 1.165) is 5.56 Å². The molecule has 2 aromatic carbocycles. The van der Waals surface area contributed by atoms with Crippen molar-refractivity contribution in [3.63, 3.8) is 0 Å². The fourth-order valence-corrected chi connectivity index (χ4v) is 2.54. The minimum atomic E-state index is 0.0200. The molecule has 0 spiro atoms. The number of aromatic hydroxyl groups is 2. The Bertz CT molecular complexity index is 976. The van der Waals surface area contributed by atoms with Crippen LogP contribution in [-0.2, 0) is 0 Å². The van der Waals surface area contributed by atoms with Crippen molar-refractivity contribution in [1.29, 1.82) is 5.26 Å². The fourth-order valence-electron chi connectivity index (χ4n) is 2.54. The summed E-state index contributed by atoms with van der Waals surface area (Å²) in [6.45, 7) is 0. The molecule has 6 heteroatoms. The standard InChI is InChI=1S/C19H15N3O3/c1-25-18-8-12(4-7-17(18)24)16-9-14(15(10-20)19(21)22-16)11-2-5-13(23)6-3-11/h2-9,23-24H,1H3,(H2,21,22). The van der Waals surface area contributed by atoms with Gasteiger partial charge in [-0.05, 0) is 42.0 Å². The van der Waals surface area contributed by atoms with Crippen molar-refractivity contribution in [2.24, 2.45) is 0 Å². The predicted molar refractivity (Wildman–Crippen MR) is 94.1 cm³/mol. The minimum absolute atomic E-state index is 0.0200. The van der Waals surface area contributed by atoms with Gasteiger partial charge in [-0.3, -0.25) is 0 Å². The Morgan fingerprint density at radius 3 is 2.36 bits per heavy atom. The number of hydrogen-bond donors (Lipinski definition) is 3. The molecule has 0 saturated heterocycles. The van der Waals surface area contributed by atoms with Crippen molar-refractivity contribution in [3.05, 3.63) is 54.1 Å². The second kappa shape index (κ2) is 6.42. The van der Waals surface area contributed by atoms with Crippen LogP contribution in [-0.4, -0.2) is 22.3 Å². The monoisotopic (exact) mass is 333 g/mol. The van der Waals surface area contributed by atoms with E-state index in [4.69, 9.17) is 10.5 Å². The molecule has 1 aromatic heterocycles. The van der Waals surface area contributed by atoms with E-state index in [1.54, 1.807) is 30.3 Å². The highest BCUT2D eigenvalue weighted by Crippen LogP contribution is 2.35. The van der Waals surface area contributed by atoms with E-state index in [-0.39, 0.29) is 22.9 Å². The number of benzene rings is 2. The summed E-state index contributed by atoms with van der Waals surface area (Å²) in [7, 11) is 1.46. The SMILES string of the molecule is COc1cc(-c2cc(-c3ccc(O)cc3)c(C#N)c(N)n2)ccc1O. The zero-order chi connectivity index (χ0) is 18.0. The summed E-state index contributed by atoms with van der Waals surface area (Å²) in [6.07, 6.45) is 0. The molecule has 1 heterocycles. The molecule has 0 aliphatic heterocycles. The van der Waals surface area contributed by atoms with Crippen LogP contribution in [0.1, 0.15) is 5.56 Å². The normalized spacial score (nSPS) is 10.2. The number of aromatic nitrogens is 1. The van der Waals surface area contributed by atoms with Gasteiger partial charge in [-0.25, -0.2) is 4.98 Å². The van der Waals surface area contributed by atoms with Crippen molar-refractivity contribution in [2.75, 3.05) is 12.8 Å². The number of nitrogens with zero attached hydrogens (tertiary/aromatic N) is 2. The van der Waals surface area contributed by atoms with E-state index in [1.807, 2.05) is 0 Å². The molecule has 0 aliphatic rings. The van der Waals surface area contributed by atoms with Gasteiger partial charge in [0, 0.05) is 11.1 Å². The zero-order valence-electron chi connectivity index (χ0n) is 13.4. The molecule has 0 aliphatic carbocycles. The highest BCUT2D eigenvalue weighted by atomic mass is 16.5. The third-order valence-corrected chi connectivity index (χ3v) is 3.81. The number of phenolic OH excluding ortho intramolecular Hbond substituents is 2. The highest BCUT2D eigenvalue weighted by molar-refractivity contribution is 5.80. The second-order valence-corrected chi connectivity index (χ2v) is 5.36. The number of pyridine rings is 1. The summed E-state index contributed by atoms with van der Waals surface area (Å²) in [4.78, 5) is 4.29. The summed E-state index contributed by atoms with van der Waals surface area (Å²) >= 11 is 0. The van der Waals surface area contributed by atoms with Gasteiger partial charge in [0.25, 0.3) is 0 Å². The van der Waals surface area contributed by atoms with Crippen molar-refractivity contribution in [1.82, 2.24) is 4.98 Å². The number of ether oxygens (including phenoxy) is 1. The van der Waals surface area contributed by atoms with Crippen LogP contribution in [0.15, 0.2) is 48.5 Å². The third-order valence-electron chi connectivity index (χ3n) is 3.81. The lowest BCUT2D eigenvalue weighted by molar-refractivity contribution is 0.373. The molecule has 0 saturated carbocycles. The first-order valence-electron chi connectivity index (χ1n) is 7.41. The van der Waals surface area contributed by atoms with Crippen molar-refractivity contribution >= 4 is 5.82 Å². The number of methoxy groups -OCH3 is 1. The summed E-state index contributed by atoms with van der Waals surface area (Å²) in [5, 5.41) is 28.6. The first-order valence-corrected chi connectivity index (χ1v) is 7.41. The third kappa shape index (κ3) is 3.03. The lowest BCUT2D eigenvalue weighted by atomic mass is 9.98. The minimum Gasteiger partial charge on any atom is -0.508 e. The van der Waals surface area contributed by atoms with Gasteiger partial charge < -0.3 is 20.7 Å². The summed E-state index contributed by atoms with van der Waals surface area (Å²) in [5.41, 5.74) is 8.80. The molecular formula is C19H15N3O3. The smallest absolute Gasteiger partial charge is 0.161 e. The molecule has 0 fully saturated rings. The molecule has 0 amide bonds.